The van der Waals surface area contributed by atoms with Crippen LogP contribution >= 0.6 is 0 Å². The maximum absolute atomic E-state index is 6.03. The van der Waals surface area contributed by atoms with E-state index >= 15 is 0 Å². The van der Waals surface area contributed by atoms with Crippen molar-refractivity contribution in [3.8, 4) is 0 Å². The number of unbranched alkanes of at least 4 members (excludes halogenated alkanes) is 3. The van der Waals surface area contributed by atoms with E-state index in [2.05, 4.69) is 64.6 Å². The van der Waals surface area contributed by atoms with Crippen molar-refractivity contribution in [1.82, 2.24) is 0 Å². The molecular formula is C36H60OSi. The number of hydrogen-bond donors (Lipinski definition) is 0. The van der Waals surface area contributed by atoms with Gasteiger partial charge in [0, 0.05) is 6.61 Å². The topological polar surface area (TPSA) is 9.23 Å². The lowest BCUT2D eigenvalue weighted by molar-refractivity contribution is -0.00471. The Bertz CT molecular complexity index is 860. The molecule has 9 unspecified atom stereocenters. The van der Waals surface area contributed by atoms with Gasteiger partial charge in [-0.2, -0.15) is 0 Å². The monoisotopic (exact) mass is 536 g/mol. The molecule has 1 aromatic rings. The van der Waals surface area contributed by atoms with E-state index in [0.29, 0.717) is 0 Å². The summed E-state index contributed by atoms with van der Waals surface area (Å²) in [5.74, 6) is 5.94. The summed E-state index contributed by atoms with van der Waals surface area (Å²) >= 11 is 0. The minimum Gasteiger partial charge on any atom is -0.376 e. The lowest BCUT2D eigenvalue weighted by atomic mass is 9.71. The molecule has 4 aliphatic carbocycles. The molecule has 0 saturated heterocycles. The molecular weight excluding hydrogens is 476 g/mol. The Hall–Kier alpha value is -0.603. The van der Waals surface area contributed by atoms with Crippen molar-refractivity contribution in [2.45, 2.75) is 153 Å². The van der Waals surface area contributed by atoms with Crippen molar-refractivity contribution in [3.05, 3.63) is 35.9 Å². The van der Waals surface area contributed by atoms with Gasteiger partial charge in [-0.25, -0.2) is 0 Å². The predicted octanol–water partition coefficient (Wildman–Crippen LogP) is 11.0. The predicted molar refractivity (Wildman–Crippen MR) is 167 cm³/mol. The fraction of sp³-hybridized carbons (Fsp3) is 0.833. The van der Waals surface area contributed by atoms with Gasteiger partial charge in [-0.15, -0.1) is 0 Å². The van der Waals surface area contributed by atoms with Gasteiger partial charge in [0.2, 0.25) is 0 Å². The average molecular weight is 537 g/mol. The third kappa shape index (κ3) is 6.32. The van der Waals surface area contributed by atoms with Gasteiger partial charge in [-0.3, -0.25) is 0 Å². The van der Waals surface area contributed by atoms with Gasteiger partial charge in [-0.05, 0) is 92.2 Å². The summed E-state index contributed by atoms with van der Waals surface area (Å²) < 4.78 is 6.03. The second-order valence-electron chi connectivity index (χ2n) is 15.5. The van der Waals surface area contributed by atoms with Crippen LogP contribution in [-0.2, 0) is 4.74 Å². The van der Waals surface area contributed by atoms with Crippen LogP contribution in [0.5, 0.6) is 0 Å². The van der Waals surface area contributed by atoms with Crippen LogP contribution in [0.2, 0.25) is 23.7 Å². The molecule has 0 amide bonds. The van der Waals surface area contributed by atoms with Crippen LogP contribution in [0.15, 0.2) is 30.3 Å². The van der Waals surface area contributed by atoms with Crippen molar-refractivity contribution in [1.29, 1.82) is 0 Å². The van der Waals surface area contributed by atoms with Crippen molar-refractivity contribution in [3.63, 3.8) is 0 Å². The van der Waals surface area contributed by atoms with Crippen molar-refractivity contribution < 1.29 is 4.74 Å². The zero-order chi connectivity index (χ0) is 26.8. The Kier molecular flexibility index (Phi) is 9.51. The Morgan fingerprint density at radius 3 is 2.32 bits per heavy atom. The van der Waals surface area contributed by atoms with Gasteiger partial charge >= 0.3 is 0 Å². The molecule has 0 radical (unpaired) electrons. The smallest absolute Gasteiger partial charge is 0.0598 e. The molecule has 0 aliphatic heterocycles. The standard InChI is InChI=1S/C36H60OSi/c1-27-26-33-30(28-16-9-8-10-17-28)20-15-21-32(33)35(27)38(5,25-14-7-6-13-24-37-36(2,3)4)34-23-22-29-18-11-12-19-31(29)34/h8-10,16-17,27,29-35H,6-7,11-15,18-26H2,1-5H3. The van der Waals surface area contributed by atoms with Crippen molar-refractivity contribution >= 4 is 8.07 Å². The normalized spacial score (nSPS) is 37.0. The quantitative estimate of drug-likeness (QED) is 0.213. The van der Waals surface area contributed by atoms with Gasteiger partial charge in [0.15, 0.2) is 0 Å². The molecule has 214 valence electrons. The molecule has 1 nitrogen and oxygen atoms in total. The SMILES string of the molecule is CC1CC2C(c3ccccc3)CCCC2C1[Si](C)(CCCCCCOC(C)(C)C)C1CCC2CCCCC21. The average Bonchev–Trinajstić information content (AvgIpc) is 3.49. The molecule has 2 heteroatoms. The number of rotatable bonds is 10. The third-order valence-corrected chi connectivity index (χ3v) is 18.5. The molecule has 4 saturated carbocycles. The zero-order valence-corrected chi connectivity index (χ0v) is 26.7. The van der Waals surface area contributed by atoms with E-state index in [1.54, 1.807) is 37.3 Å². The highest BCUT2D eigenvalue weighted by Crippen LogP contribution is 2.66. The molecule has 9 atom stereocenters. The summed E-state index contributed by atoms with van der Waals surface area (Å²) in [6.45, 7) is 13.2. The Morgan fingerprint density at radius 1 is 0.789 bits per heavy atom. The summed E-state index contributed by atoms with van der Waals surface area (Å²) in [5, 5.41) is 0. The summed E-state index contributed by atoms with van der Waals surface area (Å²) in [4.78, 5) is 0. The van der Waals surface area contributed by atoms with Crippen LogP contribution in [-0.4, -0.2) is 20.3 Å². The van der Waals surface area contributed by atoms with Gasteiger partial charge in [0.1, 0.15) is 0 Å². The zero-order valence-electron chi connectivity index (χ0n) is 25.7. The fourth-order valence-electron chi connectivity index (χ4n) is 10.8. The molecule has 0 aromatic heterocycles. The van der Waals surface area contributed by atoms with E-state index in [-0.39, 0.29) is 5.60 Å². The van der Waals surface area contributed by atoms with Crippen LogP contribution < -0.4 is 0 Å². The third-order valence-electron chi connectivity index (χ3n) is 12.2. The Balaban J connectivity index is 1.32. The minimum atomic E-state index is -1.42. The van der Waals surface area contributed by atoms with Crippen LogP contribution in [0.4, 0.5) is 0 Å². The first-order valence-electron chi connectivity index (χ1n) is 17.0. The Morgan fingerprint density at radius 2 is 1.53 bits per heavy atom. The first kappa shape index (κ1) is 28.9. The van der Waals surface area contributed by atoms with Gasteiger partial charge in [-0.1, -0.05) is 120 Å². The highest BCUT2D eigenvalue weighted by Gasteiger charge is 2.58. The van der Waals surface area contributed by atoms with Gasteiger partial charge in [0.05, 0.1) is 13.7 Å². The molecule has 0 heterocycles. The van der Waals surface area contributed by atoms with Crippen LogP contribution in [0, 0.1) is 29.6 Å². The van der Waals surface area contributed by atoms with E-state index in [0.717, 1.165) is 53.2 Å². The van der Waals surface area contributed by atoms with Gasteiger partial charge < -0.3 is 4.74 Å². The maximum atomic E-state index is 6.03. The van der Waals surface area contributed by atoms with Crippen molar-refractivity contribution in [2.75, 3.05) is 6.61 Å². The second-order valence-corrected chi connectivity index (χ2v) is 20.5. The fourth-order valence-corrected chi connectivity index (χ4v) is 18.1. The van der Waals surface area contributed by atoms with Crippen LogP contribution in [0.1, 0.15) is 129 Å². The maximum Gasteiger partial charge on any atom is 0.0598 e. The molecule has 0 N–H and O–H groups in total. The lowest BCUT2D eigenvalue weighted by Gasteiger charge is -2.49. The molecule has 38 heavy (non-hydrogen) atoms. The molecule has 4 fully saturated rings. The van der Waals surface area contributed by atoms with Crippen LogP contribution in [0.25, 0.3) is 0 Å². The second kappa shape index (κ2) is 12.5. The summed E-state index contributed by atoms with van der Waals surface area (Å²) in [7, 11) is -1.42. The largest absolute Gasteiger partial charge is 0.376 e. The molecule has 5 rings (SSSR count). The summed E-state index contributed by atoms with van der Waals surface area (Å²) in [6.07, 6.45) is 20.8. The number of benzene rings is 1. The highest BCUT2D eigenvalue weighted by molar-refractivity contribution is 6.81. The van der Waals surface area contributed by atoms with E-state index in [1.165, 1.54) is 64.2 Å². The summed E-state index contributed by atoms with van der Waals surface area (Å²) in [5.41, 5.74) is 3.87. The first-order valence-corrected chi connectivity index (χ1v) is 19.8. The van der Waals surface area contributed by atoms with E-state index in [9.17, 15) is 0 Å². The Labute approximate surface area is 237 Å². The van der Waals surface area contributed by atoms with E-state index < -0.39 is 8.07 Å². The van der Waals surface area contributed by atoms with E-state index in [4.69, 9.17) is 4.74 Å². The molecule has 0 bridgehead atoms. The first-order chi connectivity index (χ1) is 18.3. The van der Waals surface area contributed by atoms with Crippen molar-refractivity contribution in [2.24, 2.45) is 29.6 Å². The molecule has 0 spiro atoms. The number of hydrogen-bond acceptors (Lipinski definition) is 1. The lowest BCUT2D eigenvalue weighted by Crippen LogP contribution is -2.48. The number of ether oxygens (including phenoxy) is 1. The summed E-state index contributed by atoms with van der Waals surface area (Å²) in [6, 6.07) is 13.3. The van der Waals surface area contributed by atoms with Gasteiger partial charge in [0.25, 0.3) is 0 Å². The minimum absolute atomic E-state index is 0.0112. The molecule has 1 aromatic carbocycles. The highest BCUT2D eigenvalue weighted by atomic mass is 28.3. The van der Waals surface area contributed by atoms with E-state index in [1.807, 2.05) is 0 Å². The molecule has 4 aliphatic rings. The van der Waals surface area contributed by atoms with Crippen LogP contribution in [0.3, 0.4) is 0 Å². The number of fused-ring (bicyclic) bond motifs is 2.